The van der Waals surface area contributed by atoms with Crippen LogP contribution < -0.4 is 15.8 Å². The number of nitrogens with one attached hydrogen (secondary N) is 1. The fraction of sp³-hybridized carbons (Fsp3) is 0.562. The van der Waals surface area contributed by atoms with Crippen molar-refractivity contribution in [3.05, 3.63) is 29.8 Å². The highest BCUT2D eigenvalue weighted by Crippen LogP contribution is 2.25. The first-order valence-corrected chi connectivity index (χ1v) is 7.34. The maximum Gasteiger partial charge on any atom is 0.220 e. The molecule has 5 heteroatoms. The minimum Gasteiger partial charge on any atom is -0.497 e. The van der Waals surface area contributed by atoms with Gasteiger partial charge in [-0.15, -0.1) is 12.4 Å². The topological polar surface area (TPSA) is 64.3 Å². The first kappa shape index (κ1) is 17.8. The van der Waals surface area contributed by atoms with Crippen LogP contribution in [0.15, 0.2) is 24.3 Å². The van der Waals surface area contributed by atoms with Crippen molar-refractivity contribution in [1.29, 1.82) is 0 Å². The van der Waals surface area contributed by atoms with Crippen LogP contribution in [0.5, 0.6) is 5.75 Å². The summed E-state index contributed by atoms with van der Waals surface area (Å²) in [6, 6.07) is 7.92. The van der Waals surface area contributed by atoms with E-state index >= 15 is 0 Å². The van der Waals surface area contributed by atoms with Gasteiger partial charge in [-0.25, -0.2) is 0 Å². The van der Waals surface area contributed by atoms with E-state index in [-0.39, 0.29) is 24.4 Å². The maximum absolute atomic E-state index is 12.0. The third kappa shape index (κ3) is 5.56. The van der Waals surface area contributed by atoms with Crippen molar-refractivity contribution in [2.45, 2.75) is 44.7 Å². The molecule has 0 spiro atoms. The molecule has 1 aromatic carbocycles. The molecular formula is C16H25ClN2O2. The lowest BCUT2D eigenvalue weighted by Crippen LogP contribution is -2.36. The molecule has 1 aliphatic carbocycles. The number of ether oxygens (including phenoxy) is 1. The molecule has 1 fully saturated rings. The molecule has 0 aliphatic heterocycles. The summed E-state index contributed by atoms with van der Waals surface area (Å²) in [6.07, 6.45) is 5.08. The molecule has 1 aliphatic rings. The van der Waals surface area contributed by atoms with Gasteiger partial charge in [-0.3, -0.25) is 4.79 Å². The minimum absolute atomic E-state index is 0. The standard InChI is InChI=1S/C16H24N2O2.ClH/c1-20-14-8-6-12(7-9-14)11-18-16(19)10-13-4-2-3-5-15(13)17;/h6-9,13,15H,2-5,10-11,17H2,1H3,(H,18,19);1H. The van der Waals surface area contributed by atoms with E-state index < -0.39 is 0 Å². The molecule has 1 aromatic rings. The maximum atomic E-state index is 12.0. The van der Waals surface area contributed by atoms with Gasteiger partial charge in [0.25, 0.3) is 0 Å². The minimum atomic E-state index is 0. The Labute approximate surface area is 132 Å². The molecule has 0 radical (unpaired) electrons. The molecule has 0 saturated heterocycles. The molecule has 2 unspecified atom stereocenters. The Morgan fingerprint density at radius 3 is 2.57 bits per heavy atom. The summed E-state index contributed by atoms with van der Waals surface area (Å²) in [7, 11) is 1.64. The van der Waals surface area contributed by atoms with Crippen LogP contribution in [0.25, 0.3) is 0 Å². The second kappa shape index (κ2) is 8.90. The summed E-state index contributed by atoms with van der Waals surface area (Å²) in [6.45, 7) is 0.560. The van der Waals surface area contributed by atoms with Crippen LogP contribution >= 0.6 is 12.4 Å². The Hall–Kier alpha value is -1.26. The molecule has 3 N–H and O–H groups in total. The average molecular weight is 313 g/mol. The average Bonchev–Trinajstić information content (AvgIpc) is 2.48. The van der Waals surface area contributed by atoms with Gasteiger partial charge in [0.05, 0.1) is 7.11 Å². The van der Waals surface area contributed by atoms with Crippen LogP contribution in [0.2, 0.25) is 0 Å². The third-order valence-corrected chi connectivity index (χ3v) is 4.06. The van der Waals surface area contributed by atoms with Crippen molar-refractivity contribution in [2.24, 2.45) is 11.7 Å². The molecule has 118 valence electrons. The van der Waals surface area contributed by atoms with Gasteiger partial charge < -0.3 is 15.8 Å². The van der Waals surface area contributed by atoms with E-state index in [9.17, 15) is 4.79 Å². The predicted octanol–water partition coefficient (Wildman–Crippen LogP) is 2.64. The summed E-state index contributed by atoms with van der Waals surface area (Å²) >= 11 is 0. The summed E-state index contributed by atoms with van der Waals surface area (Å²) in [4.78, 5) is 12.0. The first-order valence-electron chi connectivity index (χ1n) is 7.34. The molecule has 0 bridgehead atoms. The van der Waals surface area contributed by atoms with Crippen molar-refractivity contribution in [2.75, 3.05) is 7.11 Å². The smallest absolute Gasteiger partial charge is 0.220 e. The molecule has 1 saturated carbocycles. The zero-order chi connectivity index (χ0) is 14.4. The van der Waals surface area contributed by atoms with Gasteiger partial charge in [0.1, 0.15) is 5.75 Å². The largest absolute Gasteiger partial charge is 0.497 e. The highest BCUT2D eigenvalue weighted by atomic mass is 35.5. The van der Waals surface area contributed by atoms with Crippen LogP contribution in [0.4, 0.5) is 0 Å². The van der Waals surface area contributed by atoms with Crippen LogP contribution in [0, 0.1) is 5.92 Å². The number of halogens is 1. The van der Waals surface area contributed by atoms with E-state index in [1.165, 1.54) is 12.8 Å². The highest BCUT2D eigenvalue weighted by molar-refractivity contribution is 5.85. The van der Waals surface area contributed by atoms with Gasteiger partial charge >= 0.3 is 0 Å². The number of rotatable bonds is 5. The molecule has 21 heavy (non-hydrogen) atoms. The van der Waals surface area contributed by atoms with E-state index in [0.717, 1.165) is 24.2 Å². The first-order chi connectivity index (χ1) is 9.69. The SMILES string of the molecule is COc1ccc(CNC(=O)CC2CCCCC2N)cc1.Cl. The van der Waals surface area contributed by atoms with Crippen LogP contribution in [0.3, 0.4) is 0 Å². The Balaban J connectivity index is 0.00000220. The molecule has 2 atom stereocenters. The van der Waals surface area contributed by atoms with Crippen LogP contribution in [0.1, 0.15) is 37.7 Å². The van der Waals surface area contributed by atoms with Gasteiger partial charge in [-0.05, 0) is 36.5 Å². The highest BCUT2D eigenvalue weighted by Gasteiger charge is 2.23. The van der Waals surface area contributed by atoms with Gasteiger partial charge in [-0.1, -0.05) is 25.0 Å². The zero-order valence-corrected chi connectivity index (χ0v) is 13.3. The second-order valence-electron chi connectivity index (χ2n) is 5.54. The van der Waals surface area contributed by atoms with Gasteiger partial charge in [0.2, 0.25) is 5.91 Å². The van der Waals surface area contributed by atoms with E-state index in [2.05, 4.69) is 5.32 Å². The van der Waals surface area contributed by atoms with E-state index in [1.54, 1.807) is 7.11 Å². The summed E-state index contributed by atoms with van der Waals surface area (Å²) < 4.78 is 5.11. The molecule has 0 heterocycles. The number of methoxy groups -OCH3 is 1. The van der Waals surface area contributed by atoms with E-state index in [4.69, 9.17) is 10.5 Å². The van der Waals surface area contributed by atoms with Gasteiger partial charge in [0, 0.05) is 19.0 Å². The lowest BCUT2D eigenvalue weighted by atomic mass is 9.83. The molecule has 0 aromatic heterocycles. The zero-order valence-electron chi connectivity index (χ0n) is 12.5. The Bertz CT molecular complexity index is 436. The molecular weight excluding hydrogens is 288 g/mol. The normalized spacial score (nSPS) is 21.2. The Morgan fingerprint density at radius 2 is 1.95 bits per heavy atom. The fourth-order valence-electron chi connectivity index (χ4n) is 2.74. The number of nitrogens with two attached hydrogens (primary N) is 1. The quantitative estimate of drug-likeness (QED) is 0.878. The lowest BCUT2D eigenvalue weighted by molar-refractivity contribution is -0.122. The van der Waals surface area contributed by atoms with Crippen molar-refractivity contribution in [1.82, 2.24) is 5.32 Å². The lowest BCUT2D eigenvalue weighted by Gasteiger charge is -2.27. The molecule has 1 amide bonds. The second-order valence-corrected chi connectivity index (χ2v) is 5.54. The fourth-order valence-corrected chi connectivity index (χ4v) is 2.74. The summed E-state index contributed by atoms with van der Waals surface area (Å²) in [5.41, 5.74) is 7.15. The molecule has 4 nitrogen and oxygen atoms in total. The van der Waals surface area contributed by atoms with Gasteiger partial charge in [-0.2, -0.15) is 0 Å². The van der Waals surface area contributed by atoms with Gasteiger partial charge in [0.15, 0.2) is 0 Å². The Morgan fingerprint density at radius 1 is 1.29 bits per heavy atom. The van der Waals surface area contributed by atoms with E-state index in [1.807, 2.05) is 24.3 Å². The van der Waals surface area contributed by atoms with Crippen molar-refractivity contribution < 1.29 is 9.53 Å². The summed E-state index contributed by atoms with van der Waals surface area (Å²) in [5.74, 6) is 1.27. The number of hydrogen-bond acceptors (Lipinski definition) is 3. The Kier molecular flexibility index (Phi) is 7.54. The van der Waals surface area contributed by atoms with Crippen LogP contribution in [-0.2, 0) is 11.3 Å². The predicted molar refractivity (Wildman–Crippen MR) is 86.6 cm³/mol. The number of carbonyl (C=O) groups excluding carboxylic acids is 1. The third-order valence-electron chi connectivity index (χ3n) is 4.06. The number of hydrogen-bond donors (Lipinski definition) is 2. The van der Waals surface area contributed by atoms with E-state index in [0.29, 0.717) is 18.9 Å². The summed E-state index contributed by atoms with van der Waals surface area (Å²) in [5, 5.41) is 2.97. The van der Waals surface area contributed by atoms with Crippen molar-refractivity contribution in [3.8, 4) is 5.75 Å². The number of carbonyl (C=O) groups is 1. The van der Waals surface area contributed by atoms with Crippen molar-refractivity contribution in [3.63, 3.8) is 0 Å². The number of benzene rings is 1. The van der Waals surface area contributed by atoms with Crippen LogP contribution in [-0.4, -0.2) is 19.1 Å². The monoisotopic (exact) mass is 312 g/mol. The number of amides is 1. The molecule has 2 rings (SSSR count). The van der Waals surface area contributed by atoms with Crippen molar-refractivity contribution >= 4 is 18.3 Å².